The van der Waals surface area contributed by atoms with Crippen LogP contribution in [0.25, 0.3) is 0 Å². The molecule has 1 aliphatic heterocycles. The molecule has 1 aliphatic carbocycles. The zero-order valence-electron chi connectivity index (χ0n) is 13.1. The molecule has 0 bridgehead atoms. The van der Waals surface area contributed by atoms with Crippen LogP contribution in [0.3, 0.4) is 0 Å². The van der Waals surface area contributed by atoms with Gasteiger partial charge in [0.15, 0.2) is 0 Å². The summed E-state index contributed by atoms with van der Waals surface area (Å²) in [5.74, 6) is -0.365. The minimum absolute atomic E-state index is 0.0549. The molecule has 1 saturated heterocycles. The van der Waals surface area contributed by atoms with Crippen molar-refractivity contribution in [3.63, 3.8) is 0 Å². The second kappa shape index (κ2) is 6.73. The molecule has 3 nitrogen and oxygen atoms in total. The van der Waals surface area contributed by atoms with Gasteiger partial charge in [0.2, 0.25) is 0 Å². The number of benzene rings is 1. The Labute approximate surface area is 137 Å². The van der Waals surface area contributed by atoms with Crippen LogP contribution in [-0.4, -0.2) is 48.7 Å². The molecule has 2 aliphatic rings. The molecule has 0 aromatic heterocycles. The minimum Gasteiger partial charge on any atom is -0.367 e. The van der Waals surface area contributed by atoms with E-state index in [-0.39, 0.29) is 16.5 Å². The van der Waals surface area contributed by atoms with E-state index in [4.69, 9.17) is 11.6 Å². The van der Waals surface area contributed by atoms with Crippen molar-refractivity contribution in [1.29, 1.82) is 0 Å². The molecule has 3 rings (SSSR count). The Morgan fingerprint density at radius 2 is 2.00 bits per heavy atom. The molecule has 121 valence electrons. The number of piperazine rings is 1. The first-order valence-electron chi connectivity index (χ1n) is 8.08. The van der Waals surface area contributed by atoms with Gasteiger partial charge in [-0.3, -0.25) is 4.90 Å². The molecule has 22 heavy (non-hydrogen) atoms. The molecule has 5 heteroatoms. The predicted molar refractivity (Wildman–Crippen MR) is 89.6 cm³/mol. The fraction of sp³-hybridized carbons (Fsp3) is 0.588. The van der Waals surface area contributed by atoms with Crippen LogP contribution in [0.2, 0.25) is 5.02 Å². The Kier molecular flexibility index (Phi) is 4.91. The fourth-order valence-corrected chi connectivity index (χ4v) is 3.72. The molecule has 1 atom stereocenters. The van der Waals surface area contributed by atoms with Crippen molar-refractivity contribution in [3.05, 3.63) is 35.5 Å². The maximum absolute atomic E-state index is 13.4. The summed E-state index contributed by atoms with van der Waals surface area (Å²) < 4.78 is 13.4. The number of hydrogen-bond donors (Lipinski definition) is 1. The van der Waals surface area contributed by atoms with E-state index >= 15 is 0 Å². The highest BCUT2D eigenvalue weighted by Gasteiger charge is 2.39. The van der Waals surface area contributed by atoms with Crippen molar-refractivity contribution < 1.29 is 4.39 Å². The second-order valence-corrected chi connectivity index (χ2v) is 6.87. The van der Waals surface area contributed by atoms with Crippen LogP contribution >= 0.6 is 11.6 Å². The molecular weight excluding hydrogens is 301 g/mol. The van der Waals surface area contributed by atoms with Gasteiger partial charge in [-0.25, -0.2) is 4.39 Å². The summed E-state index contributed by atoms with van der Waals surface area (Å²) in [7, 11) is 2.17. The highest BCUT2D eigenvalue weighted by Crippen LogP contribution is 2.35. The van der Waals surface area contributed by atoms with Crippen molar-refractivity contribution in [2.45, 2.75) is 31.3 Å². The van der Waals surface area contributed by atoms with Crippen molar-refractivity contribution in [1.82, 2.24) is 9.80 Å². The zero-order chi connectivity index (χ0) is 15.6. The molecule has 0 spiro atoms. The topological polar surface area (TPSA) is 18.5 Å². The van der Waals surface area contributed by atoms with Gasteiger partial charge in [0.05, 0.1) is 10.7 Å². The highest BCUT2D eigenvalue weighted by atomic mass is 35.5. The fourth-order valence-electron chi connectivity index (χ4n) is 3.54. The van der Waals surface area contributed by atoms with E-state index in [2.05, 4.69) is 28.6 Å². The lowest BCUT2D eigenvalue weighted by atomic mass is 9.86. The zero-order valence-corrected chi connectivity index (χ0v) is 13.9. The van der Waals surface area contributed by atoms with E-state index in [1.165, 1.54) is 18.9 Å². The number of nitrogens with zero attached hydrogens (tertiary/aromatic N) is 2. The summed E-state index contributed by atoms with van der Waals surface area (Å²) in [6.45, 7) is 4.31. The van der Waals surface area contributed by atoms with Gasteiger partial charge >= 0.3 is 0 Å². The Hall–Kier alpha value is -0.840. The van der Waals surface area contributed by atoms with Crippen LogP contribution in [-0.2, 0) is 0 Å². The number of likely N-dealkylation sites (N-methyl/N-ethyl adjacent to an activating group) is 1. The van der Waals surface area contributed by atoms with E-state index in [1.54, 1.807) is 12.1 Å². The molecule has 1 unspecified atom stereocenters. The standard InChI is InChI=1S/C17H24ClFN3/c1-21-9-11-22(12-10-21)17(7-3-2-4-8-17)20-14-5-6-16(19)15(18)13-14/h3,5-6,13,20H,2,4,7-12H2,1H3. The van der Waals surface area contributed by atoms with E-state index in [9.17, 15) is 4.39 Å². The Morgan fingerprint density at radius 1 is 1.23 bits per heavy atom. The van der Waals surface area contributed by atoms with Gasteiger partial charge in [0, 0.05) is 31.9 Å². The molecule has 1 aromatic carbocycles. The maximum atomic E-state index is 13.4. The first-order chi connectivity index (χ1) is 10.6. The third kappa shape index (κ3) is 3.39. The SMILES string of the molecule is CN1CCN(C2(Nc3ccc(F)c(Cl)c3)C[CH]CCC2)CC1. The van der Waals surface area contributed by atoms with Gasteiger partial charge in [-0.1, -0.05) is 11.6 Å². The first kappa shape index (κ1) is 16.0. The summed E-state index contributed by atoms with van der Waals surface area (Å²) in [6, 6.07) is 4.92. The van der Waals surface area contributed by atoms with Crippen LogP contribution in [0.4, 0.5) is 10.1 Å². The average Bonchev–Trinajstić information content (AvgIpc) is 2.52. The molecule has 1 radical (unpaired) electrons. The third-order valence-electron chi connectivity index (χ3n) is 4.89. The van der Waals surface area contributed by atoms with Crippen LogP contribution in [0.15, 0.2) is 18.2 Å². The lowest BCUT2D eigenvalue weighted by Crippen LogP contribution is -2.61. The van der Waals surface area contributed by atoms with Gasteiger partial charge < -0.3 is 10.2 Å². The summed E-state index contributed by atoms with van der Waals surface area (Å²) in [4.78, 5) is 4.92. The maximum Gasteiger partial charge on any atom is 0.141 e. The van der Waals surface area contributed by atoms with Crippen LogP contribution in [0.5, 0.6) is 0 Å². The van der Waals surface area contributed by atoms with Crippen LogP contribution < -0.4 is 5.32 Å². The number of halogens is 2. The molecule has 2 fully saturated rings. The Balaban J connectivity index is 1.80. The van der Waals surface area contributed by atoms with Gasteiger partial charge in [-0.05, 0) is 57.4 Å². The van der Waals surface area contributed by atoms with Gasteiger partial charge in [-0.15, -0.1) is 0 Å². The van der Waals surface area contributed by atoms with E-state index < -0.39 is 0 Å². The third-order valence-corrected chi connectivity index (χ3v) is 5.18. The summed E-state index contributed by atoms with van der Waals surface area (Å²) >= 11 is 5.94. The van der Waals surface area contributed by atoms with Crippen molar-refractivity contribution >= 4 is 17.3 Å². The Morgan fingerprint density at radius 3 is 2.64 bits per heavy atom. The van der Waals surface area contributed by atoms with Gasteiger partial charge in [0.25, 0.3) is 0 Å². The van der Waals surface area contributed by atoms with Crippen LogP contribution in [0, 0.1) is 12.2 Å². The highest BCUT2D eigenvalue weighted by molar-refractivity contribution is 6.31. The average molecular weight is 325 g/mol. The van der Waals surface area contributed by atoms with E-state index in [0.29, 0.717) is 0 Å². The normalized spacial score (nSPS) is 23.4. The van der Waals surface area contributed by atoms with Crippen molar-refractivity contribution in [2.75, 3.05) is 38.5 Å². The van der Waals surface area contributed by atoms with E-state index in [1.807, 2.05) is 0 Å². The number of anilines is 1. The van der Waals surface area contributed by atoms with Crippen molar-refractivity contribution in [3.8, 4) is 0 Å². The molecule has 1 aromatic rings. The van der Waals surface area contributed by atoms with E-state index in [0.717, 1.165) is 44.7 Å². The van der Waals surface area contributed by atoms with Gasteiger partial charge in [0.1, 0.15) is 5.82 Å². The Bertz CT molecular complexity index is 509. The number of nitrogens with one attached hydrogen (secondary N) is 1. The molecule has 1 saturated carbocycles. The monoisotopic (exact) mass is 324 g/mol. The van der Waals surface area contributed by atoms with Crippen LogP contribution in [0.1, 0.15) is 25.7 Å². The molecule has 0 amide bonds. The van der Waals surface area contributed by atoms with Crippen molar-refractivity contribution in [2.24, 2.45) is 0 Å². The second-order valence-electron chi connectivity index (χ2n) is 6.46. The molecule has 1 heterocycles. The lowest BCUT2D eigenvalue weighted by Gasteiger charge is -2.50. The number of rotatable bonds is 3. The number of hydrogen-bond acceptors (Lipinski definition) is 3. The smallest absolute Gasteiger partial charge is 0.141 e. The molecule has 1 N–H and O–H groups in total. The minimum atomic E-state index is -0.365. The lowest BCUT2D eigenvalue weighted by molar-refractivity contribution is 0.0420. The summed E-state index contributed by atoms with van der Waals surface area (Å²) in [5, 5.41) is 3.85. The largest absolute Gasteiger partial charge is 0.367 e. The quantitative estimate of drug-likeness (QED) is 0.916. The summed E-state index contributed by atoms with van der Waals surface area (Å²) in [6.07, 6.45) is 6.88. The predicted octanol–water partition coefficient (Wildman–Crippen LogP) is 3.61. The summed E-state index contributed by atoms with van der Waals surface area (Å²) in [5.41, 5.74) is 0.848. The molecular formula is C17H24ClFN3. The van der Waals surface area contributed by atoms with Gasteiger partial charge in [-0.2, -0.15) is 0 Å². The first-order valence-corrected chi connectivity index (χ1v) is 8.45.